The molecule has 2 amide bonds. The number of esters is 1. The van der Waals surface area contributed by atoms with Gasteiger partial charge >= 0.3 is 5.97 Å². The summed E-state index contributed by atoms with van der Waals surface area (Å²) in [5.41, 5.74) is 0.515. The maximum absolute atomic E-state index is 12.5. The molecule has 1 aliphatic rings. The van der Waals surface area contributed by atoms with Crippen LogP contribution in [0.15, 0.2) is 47.1 Å². The third-order valence-electron chi connectivity index (χ3n) is 3.95. The third kappa shape index (κ3) is 3.88. The fraction of sp³-hybridized carbons (Fsp3) is 0.278. The van der Waals surface area contributed by atoms with Crippen molar-refractivity contribution in [3.05, 3.63) is 54.0 Å². The fourth-order valence-corrected chi connectivity index (χ4v) is 2.68. The second kappa shape index (κ2) is 7.21. The molecule has 1 aromatic carbocycles. The molecule has 0 aliphatic carbocycles. The Morgan fingerprint density at radius 2 is 1.52 bits per heavy atom. The average molecular weight is 342 g/mol. The lowest BCUT2D eigenvalue weighted by Crippen LogP contribution is -2.50. The normalized spacial score (nSPS) is 14.3. The molecule has 1 aliphatic heterocycles. The lowest BCUT2D eigenvalue weighted by Gasteiger charge is -2.34. The highest BCUT2D eigenvalue weighted by Crippen LogP contribution is 2.16. The van der Waals surface area contributed by atoms with Crippen molar-refractivity contribution in [3.8, 4) is 5.75 Å². The van der Waals surface area contributed by atoms with Crippen molar-refractivity contribution in [2.45, 2.75) is 6.92 Å². The minimum Gasteiger partial charge on any atom is -0.459 e. The van der Waals surface area contributed by atoms with Crippen LogP contribution in [0, 0.1) is 0 Å². The highest BCUT2D eigenvalue weighted by atomic mass is 16.5. The van der Waals surface area contributed by atoms with E-state index in [1.54, 1.807) is 46.2 Å². The highest BCUT2D eigenvalue weighted by molar-refractivity contribution is 5.95. The molecular formula is C18H18N2O5. The number of hydrogen-bond donors (Lipinski definition) is 0. The summed E-state index contributed by atoms with van der Waals surface area (Å²) >= 11 is 0. The van der Waals surface area contributed by atoms with Crippen LogP contribution in [0.5, 0.6) is 5.75 Å². The standard InChI is InChI=1S/C18H18N2O5/c1-13(21)25-15-6-4-14(5-7-15)17(22)19-8-10-20(11-9-19)18(23)16-3-2-12-24-16/h2-7,12H,8-11H2,1H3. The predicted octanol–water partition coefficient (Wildman–Crippen LogP) is 1.80. The van der Waals surface area contributed by atoms with Crippen molar-refractivity contribution in [1.82, 2.24) is 9.80 Å². The predicted molar refractivity (Wildman–Crippen MR) is 88.3 cm³/mol. The quantitative estimate of drug-likeness (QED) is 0.628. The maximum atomic E-state index is 12.5. The van der Waals surface area contributed by atoms with Gasteiger partial charge in [0.15, 0.2) is 5.76 Å². The van der Waals surface area contributed by atoms with Gasteiger partial charge in [-0.3, -0.25) is 14.4 Å². The molecule has 7 nitrogen and oxygen atoms in total. The van der Waals surface area contributed by atoms with Crippen molar-refractivity contribution in [3.63, 3.8) is 0 Å². The van der Waals surface area contributed by atoms with Crippen LogP contribution < -0.4 is 4.74 Å². The van der Waals surface area contributed by atoms with Crippen LogP contribution in [0.25, 0.3) is 0 Å². The van der Waals surface area contributed by atoms with Gasteiger partial charge in [0, 0.05) is 38.7 Å². The second-order valence-corrected chi connectivity index (χ2v) is 5.68. The van der Waals surface area contributed by atoms with E-state index in [-0.39, 0.29) is 11.8 Å². The number of piperazine rings is 1. The van der Waals surface area contributed by atoms with Crippen molar-refractivity contribution in [2.24, 2.45) is 0 Å². The van der Waals surface area contributed by atoms with Gasteiger partial charge in [-0.05, 0) is 36.4 Å². The first-order chi connectivity index (χ1) is 12.0. The van der Waals surface area contributed by atoms with Gasteiger partial charge in [0.25, 0.3) is 11.8 Å². The van der Waals surface area contributed by atoms with Gasteiger partial charge in [0.05, 0.1) is 6.26 Å². The molecule has 25 heavy (non-hydrogen) atoms. The highest BCUT2D eigenvalue weighted by Gasteiger charge is 2.26. The molecule has 3 rings (SSSR count). The van der Waals surface area contributed by atoms with Crippen LogP contribution in [-0.2, 0) is 4.79 Å². The van der Waals surface area contributed by atoms with Crippen molar-refractivity contribution < 1.29 is 23.5 Å². The van der Waals surface area contributed by atoms with E-state index in [1.807, 2.05) is 0 Å². The van der Waals surface area contributed by atoms with E-state index in [4.69, 9.17) is 9.15 Å². The first kappa shape index (κ1) is 16.8. The van der Waals surface area contributed by atoms with Crippen molar-refractivity contribution >= 4 is 17.8 Å². The number of nitrogens with zero attached hydrogens (tertiary/aromatic N) is 2. The van der Waals surface area contributed by atoms with E-state index >= 15 is 0 Å². The lowest BCUT2D eigenvalue weighted by molar-refractivity contribution is -0.131. The SMILES string of the molecule is CC(=O)Oc1ccc(C(=O)N2CCN(C(=O)c3ccco3)CC2)cc1. The Balaban J connectivity index is 1.58. The summed E-state index contributed by atoms with van der Waals surface area (Å²) in [7, 11) is 0. The molecular weight excluding hydrogens is 324 g/mol. The second-order valence-electron chi connectivity index (χ2n) is 5.68. The van der Waals surface area contributed by atoms with E-state index in [2.05, 4.69) is 0 Å². The molecule has 0 bridgehead atoms. The van der Waals surface area contributed by atoms with E-state index in [0.29, 0.717) is 43.3 Å². The van der Waals surface area contributed by atoms with E-state index in [9.17, 15) is 14.4 Å². The van der Waals surface area contributed by atoms with Crippen LogP contribution in [0.1, 0.15) is 27.8 Å². The fourth-order valence-electron chi connectivity index (χ4n) is 2.68. The molecule has 0 N–H and O–H groups in total. The zero-order valence-electron chi connectivity index (χ0n) is 13.8. The zero-order valence-corrected chi connectivity index (χ0v) is 13.8. The summed E-state index contributed by atoms with van der Waals surface area (Å²) < 4.78 is 10.1. The number of ether oxygens (including phenoxy) is 1. The number of amides is 2. The molecule has 2 aromatic rings. The Kier molecular flexibility index (Phi) is 4.83. The molecule has 7 heteroatoms. The number of carbonyl (C=O) groups excluding carboxylic acids is 3. The summed E-state index contributed by atoms with van der Waals surface area (Å²) in [5.74, 6) is 0.0254. The van der Waals surface area contributed by atoms with Crippen LogP contribution in [-0.4, -0.2) is 53.8 Å². The average Bonchev–Trinajstić information content (AvgIpc) is 3.15. The molecule has 0 spiro atoms. The lowest BCUT2D eigenvalue weighted by atomic mass is 10.1. The number of carbonyl (C=O) groups is 3. The first-order valence-electron chi connectivity index (χ1n) is 7.95. The monoisotopic (exact) mass is 342 g/mol. The van der Waals surface area contributed by atoms with Crippen LogP contribution >= 0.6 is 0 Å². The molecule has 0 atom stereocenters. The largest absolute Gasteiger partial charge is 0.459 e. The molecule has 0 radical (unpaired) electrons. The maximum Gasteiger partial charge on any atom is 0.308 e. The summed E-state index contributed by atoms with van der Waals surface area (Å²) in [4.78, 5) is 39.0. The minimum atomic E-state index is -0.406. The topological polar surface area (TPSA) is 80.1 Å². The summed E-state index contributed by atoms with van der Waals surface area (Å²) in [6.07, 6.45) is 1.46. The summed E-state index contributed by atoms with van der Waals surface area (Å²) in [5, 5.41) is 0. The molecule has 0 unspecified atom stereocenters. The molecule has 130 valence electrons. The Bertz CT molecular complexity index is 759. The zero-order chi connectivity index (χ0) is 17.8. The Morgan fingerprint density at radius 1 is 0.920 bits per heavy atom. The molecule has 2 heterocycles. The van der Waals surface area contributed by atoms with Crippen LogP contribution in [0.3, 0.4) is 0 Å². The molecule has 1 fully saturated rings. The van der Waals surface area contributed by atoms with E-state index in [0.717, 1.165) is 0 Å². The van der Waals surface area contributed by atoms with Gasteiger partial charge in [-0.1, -0.05) is 0 Å². The molecule has 0 saturated carbocycles. The molecule has 1 aromatic heterocycles. The third-order valence-corrected chi connectivity index (χ3v) is 3.95. The van der Waals surface area contributed by atoms with Crippen LogP contribution in [0.2, 0.25) is 0 Å². The van der Waals surface area contributed by atoms with Gasteiger partial charge in [0.2, 0.25) is 0 Å². The van der Waals surface area contributed by atoms with Gasteiger partial charge in [0.1, 0.15) is 5.75 Å². The number of rotatable bonds is 3. The van der Waals surface area contributed by atoms with Crippen LogP contribution in [0.4, 0.5) is 0 Å². The van der Waals surface area contributed by atoms with E-state index in [1.165, 1.54) is 13.2 Å². The van der Waals surface area contributed by atoms with Gasteiger partial charge in [-0.15, -0.1) is 0 Å². The van der Waals surface area contributed by atoms with Gasteiger partial charge in [-0.25, -0.2) is 0 Å². The van der Waals surface area contributed by atoms with Crippen molar-refractivity contribution in [1.29, 1.82) is 0 Å². The minimum absolute atomic E-state index is 0.112. The number of furan rings is 1. The Morgan fingerprint density at radius 3 is 2.04 bits per heavy atom. The number of hydrogen-bond acceptors (Lipinski definition) is 5. The van der Waals surface area contributed by atoms with Gasteiger partial charge in [-0.2, -0.15) is 0 Å². The van der Waals surface area contributed by atoms with Crippen molar-refractivity contribution in [2.75, 3.05) is 26.2 Å². The Hall–Kier alpha value is -3.09. The summed E-state index contributed by atoms with van der Waals surface area (Å²) in [6, 6.07) is 9.73. The smallest absolute Gasteiger partial charge is 0.308 e. The van der Waals surface area contributed by atoms with Gasteiger partial charge < -0.3 is 19.0 Å². The molecule has 1 saturated heterocycles. The first-order valence-corrected chi connectivity index (χ1v) is 7.95. The van der Waals surface area contributed by atoms with E-state index < -0.39 is 5.97 Å². The Labute approximate surface area is 144 Å². The number of benzene rings is 1. The summed E-state index contributed by atoms with van der Waals surface area (Å²) in [6.45, 7) is 3.14.